The summed E-state index contributed by atoms with van der Waals surface area (Å²) in [5.41, 5.74) is 3.21. The summed E-state index contributed by atoms with van der Waals surface area (Å²) in [4.78, 5) is 23.4. The molecule has 0 saturated carbocycles. The van der Waals surface area contributed by atoms with Crippen LogP contribution in [0.2, 0.25) is 0 Å². The quantitative estimate of drug-likeness (QED) is 0.510. The zero-order chi connectivity index (χ0) is 22.4. The molecule has 0 saturated heterocycles. The number of hydrogen-bond donors (Lipinski definition) is 2. The third-order valence-corrected chi connectivity index (χ3v) is 5.15. The number of ether oxygens (including phenoxy) is 1. The Morgan fingerprint density at radius 2 is 1.87 bits per heavy atom. The lowest BCUT2D eigenvalue weighted by molar-refractivity contribution is -0.137. The number of benzene rings is 2. The maximum Gasteiger partial charge on any atom is 0.303 e. The van der Waals surface area contributed by atoms with E-state index in [9.17, 15) is 14.7 Å². The van der Waals surface area contributed by atoms with E-state index in [1.807, 2.05) is 44.2 Å². The second-order valence-corrected chi connectivity index (χ2v) is 7.78. The van der Waals surface area contributed by atoms with Gasteiger partial charge >= 0.3 is 5.97 Å². The van der Waals surface area contributed by atoms with Crippen LogP contribution in [-0.2, 0) is 24.1 Å². The van der Waals surface area contributed by atoms with Gasteiger partial charge in [0.2, 0.25) is 0 Å². The van der Waals surface area contributed by atoms with Gasteiger partial charge in [-0.15, -0.1) is 0 Å². The number of fused-ring (bicyclic) bond motifs is 1. The molecule has 1 aromatic heterocycles. The molecule has 1 heterocycles. The minimum Gasteiger partial charge on any atom is -0.491 e. The molecule has 3 aromatic rings. The van der Waals surface area contributed by atoms with Gasteiger partial charge < -0.3 is 19.4 Å². The van der Waals surface area contributed by atoms with Crippen molar-refractivity contribution in [2.45, 2.75) is 52.1 Å². The fourth-order valence-electron chi connectivity index (χ4n) is 3.57. The molecule has 2 aromatic carbocycles. The maximum absolute atomic E-state index is 12.5. The normalized spacial score (nSPS) is 12.1. The number of rotatable bonds is 10. The number of aryl methyl sites for hydroxylation is 3. The van der Waals surface area contributed by atoms with Gasteiger partial charge in [-0.05, 0) is 42.7 Å². The summed E-state index contributed by atoms with van der Waals surface area (Å²) in [6.07, 6.45) is 1.21. The first-order valence-corrected chi connectivity index (χ1v) is 10.5. The molecule has 6 nitrogen and oxygen atoms in total. The van der Waals surface area contributed by atoms with Gasteiger partial charge in [0.05, 0.1) is 17.9 Å². The predicted octanol–water partition coefficient (Wildman–Crippen LogP) is 4.05. The van der Waals surface area contributed by atoms with Gasteiger partial charge in [-0.1, -0.05) is 37.1 Å². The molecule has 164 valence electrons. The summed E-state index contributed by atoms with van der Waals surface area (Å²) in [6, 6.07) is 12.6. The van der Waals surface area contributed by atoms with Crippen LogP contribution in [0.1, 0.15) is 42.2 Å². The Hall–Kier alpha value is -3.12. The summed E-state index contributed by atoms with van der Waals surface area (Å²) >= 11 is 0. The Kier molecular flexibility index (Phi) is 7.47. The van der Waals surface area contributed by atoms with Crippen LogP contribution in [0, 0.1) is 6.92 Å². The molecule has 0 spiro atoms. The van der Waals surface area contributed by atoms with E-state index in [4.69, 9.17) is 14.3 Å². The van der Waals surface area contributed by atoms with Gasteiger partial charge in [-0.2, -0.15) is 0 Å². The maximum atomic E-state index is 12.5. The number of aliphatic hydroxyl groups excluding tert-OH is 1. The van der Waals surface area contributed by atoms with Gasteiger partial charge in [0.25, 0.3) is 0 Å². The van der Waals surface area contributed by atoms with Crippen molar-refractivity contribution in [3.63, 3.8) is 0 Å². The summed E-state index contributed by atoms with van der Waals surface area (Å²) in [7, 11) is 0. The fraction of sp³-hybridized carbons (Fsp3) is 0.360. The first-order valence-electron chi connectivity index (χ1n) is 10.5. The van der Waals surface area contributed by atoms with Crippen molar-refractivity contribution in [2.75, 3.05) is 6.61 Å². The van der Waals surface area contributed by atoms with Gasteiger partial charge in [0.15, 0.2) is 5.43 Å². The second kappa shape index (κ2) is 10.3. The van der Waals surface area contributed by atoms with Crippen LogP contribution in [0.3, 0.4) is 0 Å². The zero-order valence-corrected chi connectivity index (χ0v) is 17.9. The first kappa shape index (κ1) is 22.6. The monoisotopic (exact) mass is 424 g/mol. The van der Waals surface area contributed by atoms with Gasteiger partial charge in [0.1, 0.15) is 23.7 Å². The van der Waals surface area contributed by atoms with Crippen molar-refractivity contribution in [3.05, 3.63) is 75.1 Å². The average Bonchev–Trinajstić information content (AvgIpc) is 2.73. The molecule has 1 atom stereocenters. The molecule has 0 aliphatic carbocycles. The van der Waals surface area contributed by atoms with Gasteiger partial charge in [0, 0.05) is 18.9 Å². The number of carboxylic acids is 1. The average molecular weight is 424 g/mol. The van der Waals surface area contributed by atoms with Crippen LogP contribution < -0.4 is 10.2 Å². The summed E-state index contributed by atoms with van der Waals surface area (Å²) in [6.45, 7) is 4.18. The highest BCUT2D eigenvalue weighted by Gasteiger charge is 2.16. The van der Waals surface area contributed by atoms with Crippen molar-refractivity contribution < 1.29 is 24.2 Å². The van der Waals surface area contributed by atoms with Gasteiger partial charge in [-0.3, -0.25) is 9.59 Å². The third-order valence-electron chi connectivity index (χ3n) is 5.15. The van der Waals surface area contributed by atoms with E-state index in [1.54, 1.807) is 6.07 Å². The molecule has 2 N–H and O–H groups in total. The van der Waals surface area contributed by atoms with Crippen LogP contribution in [0.15, 0.2) is 51.7 Å². The highest BCUT2D eigenvalue weighted by molar-refractivity contribution is 5.81. The minimum atomic E-state index is -0.943. The Bertz CT molecular complexity index is 1100. The Morgan fingerprint density at radius 1 is 1.13 bits per heavy atom. The van der Waals surface area contributed by atoms with E-state index >= 15 is 0 Å². The van der Waals surface area contributed by atoms with Crippen LogP contribution in [0.4, 0.5) is 0 Å². The third kappa shape index (κ3) is 5.95. The topological polar surface area (TPSA) is 97.0 Å². The van der Waals surface area contributed by atoms with E-state index < -0.39 is 12.1 Å². The molecule has 0 amide bonds. The lowest BCUT2D eigenvalue weighted by atomic mass is 9.95. The largest absolute Gasteiger partial charge is 0.491 e. The molecule has 0 radical (unpaired) electrons. The van der Waals surface area contributed by atoms with Crippen LogP contribution in [-0.4, -0.2) is 28.9 Å². The van der Waals surface area contributed by atoms with Gasteiger partial charge in [-0.25, -0.2) is 0 Å². The molecule has 0 bridgehead atoms. The standard InChI is InChI=1S/C25H28O6/c1-3-4-21-17(13-18(26)15-30-19-8-5-16(2)6-9-19)7-11-22-23(27)14-20(31-25(21)22)10-12-24(28)29/h5-9,11,14,18,26H,3-4,10,12-13,15H2,1-2H3,(H,28,29). The number of aliphatic hydroxyl groups is 1. The minimum absolute atomic E-state index is 0.105. The molecule has 1 unspecified atom stereocenters. The molecule has 0 aliphatic heterocycles. The number of aliphatic carboxylic acids is 1. The Balaban J connectivity index is 1.84. The molecular weight excluding hydrogens is 396 g/mol. The molecule has 3 rings (SSSR count). The number of hydrogen-bond acceptors (Lipinski definition) is 5. The lowest BCUT2D eigenvalue weighted by Crippen LogP contribution is -2.21. The summed E-state index contributed by atoms with van der Waals surface area (Å²) < 4.78 is 11.7. The van der Waals surface area contributed by atoms with E-state index in [0.717, 1.165) is 23.1 Å². The van der Waals surface area contributed by atoms with Crippen LogP contribution >= 0.6 is 0 Å². The van der Waals surface area contributed by atoms with E-state index in [-0.39, 0.29) is 24.9 Å². The highest BCUT2D eigenvalue weighted by atomic mass is 16.5. The summed E-state index contributed by atoms with van der Waals surface area (Å²) in [5, 5.41) is 20.0. The Morgan fingerprint density at radius 3 is 2.55 bits per heavy atom. The molecule has 6 heteroatoms. The summed E-state index contributed by atoms with van der Waals surface area (Å²) in [5.74, 6) is 0.116. The zero-order valence-electron chi connectivity index (χ0n) is 17.9. The van der Waals surface area contributed by atoms with Crippen molar-refractivity contribution in [3.8, 4) is 5.75 Å². The van der Waals surface area contributed by atoms with Crippen molar-refractivity contribution in [2.24, 2.45) is 0 Å². The molecule has 0 aliphatic rings. The smallest absolute Gasteiger partial charge is 0.303 e. The Labute approximate surface area is 181 Å². The highest BCUT2D eigenvalue weighted by Crippen LogP contribution is 2.25. The van der Waals surface area contributed by atoms with E-state index in [0.29, 0.717) is 35.3 Å². The number of carbonyl (C=O) groups is 1. The molecule has 31 heavy (non-hydrogen) atoms. The van der Waals surface area contributed by atoms with E-state index in [2.05, 4.69) is 0 Å². The SMILES string of the molecule is CCCc1c(CC(O)COc2ccc(C)cc2)ccc2c(=O)cc(CCC(=O)O)oc12. The van der Waals surface area contributed by atoms with Crippen molar-refractivity contribution in [1.82, 2.24) is 0 Å². The fourth-order valence-corrected chi connectivity index (χ4v) is 3.57. The molecule has 0 fully saturated rings. The van der Waals surface area contributed by atoms with Crippen molar-refractivity contribution >= 4 is 16.9 Å². The lowest BCUT2D eigenvalue weighted by Gasteiger charge is -2.16. The molecular formula is C25H28O6. The van der Waals surface area contributed by atoms with Crippen LogP contribution in [0.5, 0.6) is 5.75 Å². The van der Waals surface area contributed by atoms with Crippen LogP contribution in [0.25, 0.3) is 11.0 Å². The van der Waals surface area contributed by atoms with Crippen molar-refractivity contribution in [1.29, 1.82) is 0 Å². The van der Waals surface area contributed by atoms with E-state index in [1.165, 1.54) is 6.07 Å². The number of carboxylic acid groups (broad SMARTS) is 1. The second-order valence-electron chi connectivity index (χ2n) is 7.78. The predicted molar refractivity (Wildman–Crippen MR) is 119 cm³/mol. The first-order chi connectivity index (χ1) is 14.9.